The molecule has 2 aromatic carbocycles. The number of fused-ring (bicyclic) bond motifs is 1. The van der Waals surface area contributed by atoms with Gasteiger partial charge in [0.2, 0.25) is 5.91 Å². The molecule has 1 N–H and O–H groups in total. The maximum Gasteiger partial charge on any atom is 0.259 e. The van der Waals surface area contributed by atoms with Crippen LogP contribution in [0, 0.1) is 0 Å². The van der Waals surface area contributed by atoms with Crippen molar-refractivity contribution in [3.63, 3.8) is 0 Å². The van der Waals surface area contributed by atoms with E-state index >= 15 is 0 Å². The van der Waals surface area contributed by atoms with Crippen molar-refractivity contribution in [2.45, 2.75) is 19.3 Å². The van der Waals surface area contributed by atoms with Crippen LogP contribution >= 0.6 is 0 Å². The van der Waals surface area contributed by atoms with Crippen molar-refractivity contribution in [2.24, 2.45) is 0 Å². The van der Waals surface area contributed by atoms with Gasteiger partial charge in [-0.25, -0.2) is 0 Å². The minimum atomic E-state index is -0.155. The quantitative estimate of drug-likeness (QED) is 0.641. The first-order valence-corrected chi connectivity index (χ1v) is 10.4. The van der Waals surface area contributed by atoms with Crippen LogP contribution in [-0.2, 0) is 17.6 Å². The summed E-state index contributed by atoms with van der Waals surface area (Å²) in [5.74, 6) is 0.951. The number of ether oxygens (including phenoxy) is 2. The number of aromatic nitrogens is 1. The van der Waals surface area contributed by atoms with Crippen LogP contribution in [0.25, 0.3) is 0 Å². The van der Waals surface area contributed by atoms with Crippen molar-refractivity contribution in [3.05, 3.63) is 77.6 Å². The van der Waals surface area contributed by atoms with E-state index in [9.17, 15) is 9.59 Å². The smallest absolute Gasteiger partial charge is 0.259 e. The summed E-state index contributed by atoms with van der Waals surface area (Å²) in [6.07, 6.45) is 5.20. The number of carbonyl (C=O) groups excluding carboxylic acids is 2. The molecule has 1 aliphatic rings. The third-order valence-corrected chi connectivity index (χ3v) is 5.45. The second-order valence-electron chi connectivity index (χ2n) is 7.56. The molecule has 0 bridgehead atoms. The van der Waals surface area contributed by atoms with Gasteiger partial charge >= 0.3 is 0 Å². The van der Waals surface area contributed by atoms with Crippen molar-refractivity contribution in [2.75, 3.05) is 31.0 Å². The molecule has 32 heavy (non-hydrogen) atoms. The van der Waals surface area contributed by atoms with E-state index in [2.05, 4.69) is 10.3 Å². The highest BCUT2D eigenvalue weighted by Crippen LogP contribution is 2.32. The Kier molecular flexibility index (Phi) is 6.35. The second-order valence-corrected chi connectivity index (χ2v) is 7.56. The maximum absolute atomic E-state index is 13.0. The first-order chi connectivity index (χ1) is 15.6. The van der Waals surface area contributed by atoms with Crippen molar-refractivity contribution < 1.29 is 19.1 Å². The van der Waals surface area contributed by atoms with Crippen LogP contribution in [-0.4, -0.2) is 37.6 Å². The molecule has 0 radical (unpaired) electrons. The molecule has 0 unspecified atom stereocenters. The Morgan fingerprint density at radius 1 is 1.06 bits per heavy atom. The first-order valence-electron chi connectivity index (χ1n) is 10.4. The number of hydrogen-bond donors (Lipinski definition) is 1. The fourth-order valence-corrected chi connectivity index (χ4v) is 3.89. The van der Waals surface area contributed by atoms with E-state index in [1.54, 1.807) is 55.8 Å². The summed E-state index contributed by atoms with van der Waals surface area (Å²) in [4.78, 5) is 31.5. The average Bonchev–Trinajstić information content (AvgIpc) is 2.83. The molecule has 3 aromatic rings. The van der Waals surface area contributed by atoms with Crippen LogP contribution in [0.5, 0.6) is 11.5 Å². The van der Waals surface area contributed by atoms with Gasteiger partial charge in [0.25, 0.3) is 5.91 Å². The van der Waals surface area contributed by atoms with Crippen molar-refractivity contribution in [1.29, 1.82) is 0 Å². The van der Waals surface area contributed by atoms with Gasteiger partial charge in [0.15, 0.2) is 11.5 Å². The molecule has 0 aliphatic carbocycles. The number of pyridine rings is 1. The molecule has 0 atom stereocenters. The lowest BCUT2D eigenvalue weighted by Gasteiger charge is -2.30. The number of rotatable bonds is 6. The Bertz CT molecular complexity index is 1130. The van der Waals surface area contributed by atoms with E-state index in [0.717, 1.165) is 29.7 Å². The fourth-order valence-electron chi connectivity index (χ4n) is 3.89. The van der Waals surface area contributed by atoms with Gasteiger partial charge in [-0.05, 0) is 60.4 Å². The van der Waals surface area contributed by atoms with Crippen molar-refractivity contribution in [3.8, 4) is 11.5 Å². The summed E-state index contributed by atoms with van der Waals surface area (Å²) in [5, 5.41) is 2.94. The minimum absolute atomic E-state index is 0.0899. The number of aryl methyl sites for hydroxylation is 1. The molecular formula is C25H25N3O4. The van der Waals surface area contributed by atoms with Crippen molar-refractivity contribution in [1.82, 2.24) is 4.98 Å². The molecule has 7 heteroatoms. The molecular weight excluding hydrogens is 406 g/mol. The predicted molar refractivity (Wildman–Crippen MR) is 123 cm³/mol. The standard InChI is InChI=1S/C25H25N3O4/c1-31-22-10-7-17(13-23(22)32-2)14-24(29)27-20-9-8-18-6-4-12-28(21(18)15-20)25(30)19-5-3-11-26-16-19/h3,5,7-11,13,15-16H,4,6,12,14H2,1-2H3,(H,27,29). The van der Waals surface area contributed by atoms with E-state index in [4.69, 9.17) is 9.47 Å². The zero-order valence-corrected chi connectivity index (χ0v) is 18.1. The lowest BCUT2D eigenvalue weighted by molar-refractivity contribution is -0.115. The predicted octanol–water partition coefficient (Wildman–Crippen LogP) is 3.87. The van der Waals surface area contributed by atoms with E-state index in [1.165, 1.54) is 0 Å². The highest BCUT2D eigenvalue weighted by atomic mass is 16.5. The van der Waals surface area contributed by atoms with Crippen LogP contribution in [0.1, 0.15) is 27.9 Å². The molecule has 1 aromatic heterocycles. The Balaban J connectivity index is 1.51. The van der Waals surface area contributed by atoms with E-state index in [1.807, 2.05) is 24.3 Å². The molecule has 2 heterocycles. The number of amides is 2. The van der Waals surface area contributed by atoms with E-state index in [-0.39, 0.29) is 18.2 Å². The number of nitrogens with one attached hydrogen (secondary N) is 1. The molecule has 4 rings (SSSR count). The van der Waals surface area contributed by atoms with Gasteiger partial charge in [-0.15, -0.1) is 0 Å². The number of nitrogens with zero attached hydrogens (tertiary/aromatic N) is 2. The molecule has 0 saturated heterocycles. The summed E-state index contributed by atoms with van der Waals surface area (Å²) in [5.41, 5.74) is 3.93. The van der Waals surface area contributed by atoms with Gasteiger partial charge in [-0.1, -0.05) is 12.1 Å². The Labute approximate surface area is 187 Å². The SMILES string of the molecule is COc1ccc(CC(=O)Nc2ccc3c(c2)N(C(=O)c2cccnc2)CCC3)cc1OC. The van der Waals surface area contributed by atoms with E-state index < -0.39 is 0 Å². The average molecular weight is 431 g/mol. The van der Waals surface area contributed by atoms with Gasteiger partial charge in [-0.2, -0.15) is 0 Å². The second kappa shape index (κ2) is 9.51. The largest absolute Gasteiger partial charge is 0.493 e. The fraction of sp³-hybridized carbons (Fsp3) is 0.240. The van der Waals surface area contributed by atoms with Gasteiger partial charge in [-0.3, -0.25) is 14.6 Å². The molecule has 0 fully saturated rings. The van der Waals surface area contributed by atoms with Crippen LogP contribution in [0.3, 0.4) is 0 Å². The molecule has 164 valence electrons. The number of benzene rings is 2. The van der Waals surface area contributed by atoms with E-state index in [0.29, 0.717) is 29.3 Å². The summed E-state index contributed by atoms with van der Waals surface area (Å²) in [6, 6.07) is 14.6. The first kappa shape index (κ1) is 21.4. The van der Waals surface area contributed by atoms with Crippen LogP contribution in [0.4, 0.5) is 11.4 Å². The van der Waals surface area contributed by atoms with Gasteiger partial charge in [0, 0.05) is 30.3 Å². The minimum Gasteiger partial charge on any atom is -0.493 e. The number of carbonyl (C=O) groups is 2. The molecule has 1 aliphatic heterocycles. The third kappa shape index (κ3) is 4.56. The molecule has 7 nitrogen and oxygen atoms in total. The third-order valence-electron chi connectivity index (χ3n) is 5.45. The number of methoxy groups -OCH3 is 2. The Hall–Kier alpha value is -3.87. The Morgan fingerprint density at radius 2 is 1.91 bits per heavy atom. The van der Waals surface area contributed by atoms with Crippen LogP contribution < -0.4 is 19.7 Å². The lowest BCUT2D eigenvalue weighted by atomic mass is 10.00. The summed E-state index contributed by atoms with van der Waals surface area (Å²) < 4.78 is 10.6. The summed E-state index contributed by atoms with van der Waals surface area (Å²) in [6.45, 7) is 0.629. The summed E-state index contributed by atoms with van der Waals surface area (Å²) in [7, 11) is 3.13. The molecule has 0 saturated carbocycles. The molecule has 0 spiro atoms. The monoisotopic (exact) mass is 431 g/mol. The number of anilines is 2. The zero-order chi connectivity index (χ0) is 22.5. The Morgan fingerprint density at radius 3 is 2.66 bits per heavy atom. The van der Waals surface area contributed by atoms with Crippen LogP contribution in [0.15, 0.2) is 60.9 Å². The topological polar surface area (TPSA) is 80.8 Å². The lowest BCUT2D eigenvalue weighted by Crippen LogP contribution is -2.35. The normalized spacial score (nSPS) is 12.6. The highest BCUT2D eigenvalue weighted by molar-refractivity contribution is 6.07. The van der Waals surface area contributed by atoms with Gasteiger partial charge in [0.05, 0.1) is 26.2 Å². The summed E-state index contributed by atoms with van der Waals surface area (Å²) >= 11 is 0. The molecule has 2 amide bonds. The maximum atomic E-state index is 13.0. The van der Waals surface area contributed by atoms with Gasteiger partial charge in [0.1, 0.15) is 0 Å². The van der Waals surface area contributed by atoms with Gasteiger partial charge < -0.3 is 19.7 Å². The van der Waals surface area contributed by atoms with Crippen LogP contribution in [0.2, 0.25) is 0 Å². The highest BCUT2D eigenvalue weighted by Gasteiger charge is 2.24. The number of hydrogen-bond acceptors (Lipinski definition) is 5. The zero-order valence-electron chi connectivity index (χ0n) is 18.1. The van der Waals surface area contributed by atoms with Crippen molar-refractivity contribution >= 4 is 23.2 Å².